The van der Waals surface area contributed by atoms with Crippen LogP contribution in [0, 0.1) is 11.2 Å². The van der Waals surface area contributed by atoms with Crippen LogP contribution in [0.2, 0.25) is 5.02 Å². The van der Waals surface area contributed by atoms with E-state index in [9.17, 15) is 19.1 Å². The van der Waals surface area contributed by atoms with Crippen molar-refractivity contribution in [3.63, 3.8) is 0 Å². The zero-order valence-corrected chi connectivity index (χ0v) is 20.0. The summed E-state index contributed by atoms with van der Waals surface area (Å²) < 4.78 is 15.8. The molecule has 2 amide bonds. The minimum atomic E-state index is -1.25. The van der Waals surface area contributed by atoms with Crippen LogP contribution in [0.3, 0.4) is 0 Å². The van der Waals surface area contributed by atoms with Crippen molar-refractivity contribution in [1.29, 1.82) is 0 Å². The number of aromatic nitrogens is 3. The number of carbonyl (C=O) groups excluding carboxylic acids is 2. The molecule has 3 aromatic rings. The molecule has 0 radical (unpaired) electrons. The molecule has 0 bridgehead atoms. The van der Waals surface area contributed by atoms with Gasteiger partial charge in [0.15, 0.2) is 5.69 Å². The fourth-order valence-electron chi connectivity index (χ4n) is 4.29. The topological polar surface area (TPSA) is 99.8 Å². The number of piperidine rings is 1. The number of hydrogen-bond acceptors (Lipinski definition) is 5. The second kappa shape index (κ2) is 9.31. The van der Waals surface area contributed by atoms with Crippen LogP contribution in [0.1, 0.15) is 49.2 Å². The number of imidazole rings is 1. The zero-order chi connectivity index (χ0) is 24.6. The van der Waals surface area contributed by atoms with Crippen molar-refractivity contribution in [2.45, 2.75) is 45.3 Å². The summed E-state index contributed by atoms with van der Waals surface area (Å²) in [7, 11) is 0. The molecule has 1 aliphatic rings. The van der Waals surface area contributed by atoms with Gasteiger partial charge in [-0.25, -0.2) is 14.4 Å². The summed E-state index contributed by atoms with van der Waals surface area (Å²) >= 11 is 6.09. The summed E-state index contributed by atoms with van der Waals surface area (Å²) in [6.07, 6.45) is 5.60. The van der Waals surface area contributed by atoms with Crippen LogP contribution in [0.4, 0.5) is 4.39 Å². The van der Waals surface area contributed by atoms with Crippen LogP contribution in [0.25, 0.3) is 5.52 Å². The lowest BCUT2D eigenvalue weighted by Crippen LogP contribution is -2.56. The molecular formula is C24H27ClFN5O3. The van der Waals surface area contributed by atoms with E-state index in [0.717, 1.165) is 0 Å². The number of nitrogens with zero attached hydrogens (tertiary/aromatic N) is 4. The lowest BCUT2D eigenvalue weighted by molar-refractivity contribution is -0.135. The van der Waals surface area contributed by atoms with Crippen molar-refractivity contribution < 1.29 is 19.1 Å². The van der Waals surface area contributed by atoms with Gasteiger partial charge in [0, 0.05) is 36.4 Å². The summed E-state index contributed by atoms with van der Waals surface area (Å²) in [6, 6.07) is 3.71. The van der Waals surface area contributed by atoms with E-state index < -0.39 is 29.3 Å². The molecule has 180 valence electrons. The molecule has 3 heterocycles. The molecule has 1 aromatic carbocycles. The Morgan fingerprint density at radius 2 is 2.06 bits per heavy atom. The minimum absolute atomic E-state index is 0.164. The SMILES string of the molecule is CC(C)(C)[C@@H](O)C(=O)N[C@@H]1CN(C(=O)c2nccn3cncc23)CC[C@H]1c1cc(F)cc(Cl)c1. The highest BCUT2D eigenvalue weighted by atomic mass is 35.5. The lowest BCUT2D eigenvalue weighted by atomic mass is 9.83. The first-order valence-electron chi connectivity index (χ1n) is 11.0. The second-order valence-corrected chi connectivity index (χ2v) is 10.1. The molecule has 0 saturated carbocycles. The molecule has 1 fully saturated rings. The fraction of sp³-hybridized carbons (Fsp3) is 0.417. The Hall–Kier alpha value is -3.04. The van der Waals surface area contributed by atoms with Crippen LogP contribution in [-0.4, -0.2) is 61.4 Å². The van der Waals surface area contributed by atoms with E-state index in [1.165, 1.54) is 18.3 Å². The molecule has 34 heavy (non-hydrogen) atoms. The van der Waals surface area contributed by atoms with Crippen LogP contribution >= 0.6 is 11.6 Å². The van der Waals surface area contributed by atoms with Gasteiger partial charge in [0.1, 0.15) is 11.9 Å². The quantitative estimate of drug-likeness (QED) is 0.589. The maximum Gasteiger partial charge on any atom is 0.274 e. The molecule has 2 N–H and O–H groups in total. The van der Waals surface area contributed by atoms with Gasteiger partial charge in [-0.15, -0.1) is 0 Å². The van der Waals surface area contributed by atoms with Gasteiger partial charge in [-0.1, -0.05) is 32.4 Å². The average Bonchev–Trinajstić information content (AvgIpc) is 3.25. The summed E-state index contributed by atoms with van der Waals surface area (Å²) in [6.45, 7) is 5.82. The van der Waals surface area contributed by atoms with E-state index in [1.807, 2.05) is 0 Å². The van der Waals surface area contributed by atoms with Crippen molar-refractivity contribution in [2.75, 3.05) is 13.1 Å². The molecule has 3 atom stereocenters. The number of rotatable bonds is 4. The predicted molar refractivity (Wildman–Crippen MR) is 125 cm³/mol. The van der Waals surface area contributed by atoms with Crippen molar-refractivity contribution in [3.05, 3.63) is 65.2 Å². The van der Waals surface area contributed by atoms with Gasteiger partial charge >= 0.3 is 0 Å². The van der Waals surface area contributed by atoms with E-state index in [0.29, 0.717) is 24.0 Å². The number of benzene rings is 1. The monoisotopic (exact) mass is 487 g/mol. The molecular weight excluding hydrogens is 461 g/mol. The number of halogens is 2. The molecule has 1 saturated heterocycles. The highest BCUT2D eigenvalue weighted by Gasteiger charge is 2.37. The largest absolute Gasteiger partial charge is 0.383 e. The molecule has 0 aliphatic carbocycles. The van der Waals surface area contributed by atoms with Crippen molar-refractivity contribution in [2.24, 2.45) is 5.41 Å². The van der Waals surface area contributed by atoms with Crippen LogP contribution in [0.15, 0.2) is 43.1 Å². The second-order valence-electron chi connectivity index (χ2n) is 9.69. The molecule has 1 aliphatic heterocycles. The van der Waals surface area contributed by atoms with Crippen LogP contribution < -0.4 is 5.32 Å². The fourth-order valence-corrected chi connectivity index (χ4v) is 4.52. The summed E-state index contributed by atoms with van der Waals surface area (Å²) in [5.74, 6) is -1.61. The zero-order valence-electron chi connectivity index (χ0n) is 19.2. The summed E-state index contributed by atoms with van der Waals surface area (Å²) in [4.78, 5) is 36.2. The molecule has 2 aromatic heterocycles. The van der Waals surface area contributed by atoms with Crippen molar-refractivity contribution >= 4 is 28.9 Å². The number of aliphatic hydroxyl groups excluding tert-OH is 1. The first kappa shape index (κ1) is 24.1. The van der Waals surface area contributed by atoms with E-state index >= 15 is 0 Å². The first-order valence-corrected chi connectivity index (χ1v) is 11.4. The number of nitrogens with one attached hydrogen (secondary N) is 1. The van der Waals surface area contributed by atoms with E-state index in [1.54, 1.807) is 54.9 Å². The van der Waals surface area contributed by atoms with Gasteiger partial charge in [0.05, 0.1) is 24.1 Å². The van der Waals surface area contributed by atoms with Crippen molar-refractivity contribution in [3.8, 4) is 0 Å². The molecule has 10 heteroatoms. The summed E-state index contributed by atoms with van der Waals surface area (Å²) in [5, 5.41) is 13.6. The first-order chi connectivity index (χ1) is 16.0. The number of likely N-dealkylation sites (tertiary alicyclic amines) is 1. The Balaban J connectivity index is 1.63. The van der Waals surface area contributed by atoms with E-state index in [4.69, 9.17) is 11.6 Å². The van der Waals surface area contributed by atoms with Gasteiger partial charge in [0.25, 0.3) is 5.91 Å². The maximum absolute atomic E-state index is 14.1. The standard InChI is InChI=1S/C24H27ClFN5O3/c1-24(2,3)21(32)22(33)29-18-12-30(6-4-17(18)14-8-15(25)10-16(26)9-14)23(34)20-19-11-27-13-31(19)7-5-28-20/h5,7-11,13,17-18,21,32H,4,6,12H2,1-3H3,(H,29,33)/t17-,18+,21-/m0/s1. The number of fused-ring (bicyclic) bond motifs is 1. The number of amides is 2. The van der Waals surface area contributed by atoms with Crippen LogP contribution in [0.5, 0.6) is 0 Å². The predicted octanol–water partition coefficient (Wildman–Crippen LogP) is 3.04. The summed E-state index contributed by atoms with van der Waals surface area (Å²) in [5.41, 5.74) is 0.791. The normalized spacial score (nSPS) is 19.8. The molecule has 4 rings (SSSR count). The highest BCUT2D eigenvalue weighted by Crippen LogP contribution is 2.32. The van der Waals surface area contributed by atoms with Gasteiger partial charge in [0.2, 0.25) is 5.91 Å². The minimum Gasteiger partial charge on any atom is -0.383 e. The third-order valence-corrected chi connectivity index (χ3v) is 6.37. The van der Waals surface area contributed by atoms with Gasteiger partial charge in [-0.05, 0) is 35.6 Å². The molecule has 0 spiro atoms. The van der Waals surface area contributed by atoms with Crippen LogP contribution in [-0.2, 0) is 4.79 Å². The Morgan fingerprint density at radius 3 is 2.76 bits per heavy atom. The van der Waals surface area contributed by atoms with Gasteiger partial charge < -0.3 is 19.7 Å². The maximum atomic E-state index is 14.1. The number of aliphatic hydroxyl groups is 1. The third-order valence-electron chi connectivity index (χ3n) is 6.15. The van der Waals surface area contributed by atoms with E-state index in [-0.39, 0.29) is 29.1 Å². The Labute approximate surface area is 201 Å². The van der Waals surface area contributed by atoms with Gasteiger partial charge in [-0.2, -0.15) is 0 Å². The van der Waals surface area contributed by atoms with Gasteiger partial charge in [-0.3, -0.25) is 9.59 Å². The Bertz CT molecular complexity index is 1200. The third kappa shape index (κ3) is 4.90. The Morgan fingerprint density at radius 1 is 1.29 bits per heavy atom. The average molecular weight is 488 g/mol. The lowest BCUT2D eigenvalue weighted by Gasteiger charge is -2.40. The number of hydrogen-bond donors (Lipinski definition) is 2. The Kier molecular flexibility index (Phi) is 6.60. The molecule has 0 unspecified atom stereocenters. The smallest absolute Gasteiger partial charge is 0.274 e. The van der Waals surface area contributed by atoms with E-state index in [2.05, 4.69) is 15.3 Å². The highest BCUT2D eigenvalue weighted by molar-refractivity contribution is 6.30. The van der Waals surface area contributed by atoms with Crippen molar-refractivity contribution in [1.82, 2.24) is 24.6 Å². The molecule has 8 nitrogen and oxygen atoms in total. The number of carbonyl (C=O) groups is 2.